The van der Waals surface area contributed by atoms with Crippen LogP contribution in [0.2, 0.25) is 0 Å². The lowest BCUT2D eigenvalue weighted by atomic mass is 10.0. The fourth-order valence-corrected chi connectivity index (χ4v) is 1.85. The van der Waals surface area contributed by atoms with Crippen LogP contribution in [0.1, 0.15) is 33.6 Å². The highest BCUT2D eigenvalue weighted by Crippen LogP contribution is 2.18. The Bertz CT molecular complexity index is 436. The van der Waals surface area contributed by atoms with Crippen LogP contribution in [0.5, 0.6) is 0 Å². The molecular formula is C15H22N2O2. The number of hydrogen-bond donors (Lipinski definition) is 1. The minimum absolute atomic E-state index is 0.0196. The first-order valence-electron chi connectivity index (χ1n) is 6.64. The lowest BCUT2D eigenvalue weighted by Crippen LogP contribution is -2.23. The summed E-state index contributed by atoms with van der Waals surface area (Å²) in [5.74, 6) is 0.0889. The number of nitrogens with one attached hydrogen (secondary N) is 1. The van der Waals surface area contributed by atoms with E-state index in [1.165, 1.54) is 6.92 Å². The van der Waals surface area contributed by atoms with E-state index in [1.54, 1.807) is 11.9 Å². The smallest absolute Gasteiger partial charge is 0.227 e. The molecule has 2 amide bonds. The van der Waals surface area contributed by atoms with Crippen LogP contribution in [0.3, 0.4) is 0 Å². The third-order valence-electron chi connectivity index (χ3n) is 3.35. The van der Waals surface area contributed by atoms with Crippen LogP contribution in [-0.4, -0.2) is 18.9 Å². The molecule has 1 aromatic carbocycles. The van der Waals surface area contributed by atoms with Gasteiger partial charge in [0.05, 0.1) is 0 Å². The molecule has 0 spiro atoms. The van der Waals surface area contributed by atoms with Crippen molar-refractivity contribution in [1.82, 2.24) is 0 Å². The zero-order valence-electron chi connectivity index (χ0n) is 12.1. The molecule has 0 aliphatic heterocycles. The Morgan fingerprint density at radius 2 is 1.68 bits per heavy atom. The summed E-state index contributed by atoms with van der Waals surface area (Å²) in [5.41, 5.74) is 1.57. The van der Waals surface area contributed by atoms with Crippen molar-refractivity contribution in [1.29, 1.82) is 0 Å². The van der Waals surface area contributed by atoms with Crippen molar-refractivity contribution in [2.75, 3.05) is 17.3 Å². The highest BCUT2D eigenvalue weighted by atomic mass is 16.2. The lowest BCUT2D eigenvalue weighted by Gasteiger charge is -2.16. The van der Waals surface area contributed by atoms with Crippen LogP contribution in [-0.2, 0) is 9.59 Å². The highest BCUT2D eigenvalue weighted by Gasteiger charge is 2.14. The second kappa shape index (κ2) is 6.92. The Labute approximate surface area is 114 Å². The molecule has 1 N–H and O–H groups in total. The maximum Gasteiger partial charge on any atom is 0.227 e. The molecule has 1 rings (SSSR count). The zero-order chi connectivity index (χ0) is 14.4. The van der Waals surface area contributed by atoms with Gasteiger partial charge < -0.3 is 10.2 Å². The summed E-state index contributed by atoms with van der Waals surface area (Å²) in [6.07, 6.45) is 1.68. The predicted octanol–water partition coefficient (Wildman–Crippen LogP) is 3.04. The first kappa shape index (κ1) is 15.2. The summed E-state index contributed by atoms with van der Waals surface area (Å²) in [5, 5.41) is 2.90. The molecule has 0 bridgehead atoms. The molecule has 0 radical (unpaired) electrons. The van der Waals surface area contributed by atoms with Gasteiger partial charge in [0, 0.05) is 31.3 Å². The van der Waals surface area contributed by atoms with E-state index in [2.05, 4.69) is 5.32 Å². The Hall–Kier alpha value is -1.84. The van der Waals surface area contributed by atoms with Gasteiger partial charge in [-0.1, -0.05) is 13.8 Å². The summed E-state index contributed by atoms with van der Waals surface area (Å²) < 4.78 is 0. The molecule has 0 aliphatic carbocycles. The van der Waals surface area contributed by atoms with Crippen LogP contribution in [0, 0.1) is 5.92 Å². The standard InChI is InChI=1S/C15H22N2O2/c1-5-12(6-2)15(19)16-13-7-9-14(10-8-13)17(4)11(3)18/h7-10,12H,5-6H2,1-4H3,(H,16,19). The SMILES string of the molecule is CCC(CC)C(=O)Nc1ccc(N(C)C(C)=O)cc1. The van der Waals surface area contributed by atoms with E-state index >= 15 is 0 Å². The van der Waals surface area contributed by atoms with Crippen LogP contribution in [0.4, 0.5) is 11.4 Å². The summed E-state index contributed by atoms with van der Waals surface area (Å²) in [7, 11) is 1.72. The molecular weight excluding hydrogens is 240 g/mol. The van der Waals surface area contributed by atoms with Gasteiger partial charge in [-0.25, -0.2) is 0 Å². The molecule has 104 valence electrons. The van der Waals surface area contributed by atoms with Crippen molar-refractivity contribution in [3.05, 3.63) is 24.3 Å². The first-order chi connectivity index (χ1) is 8.99. The summed E-state index contributed by atoms with van der Waals surface area (Å²) in [6, 6.07) is 7.28. The third-order valence-corrected chi connectivity index (χ3v) is 3.35. The molecule has 4 heteroatoms. The molecule has 0 fully saturated rings. The molecule has 0 aromatic heterocycles. The quantitative estimate of drug-likeness (QED) is 0.886. The minimum atomic E-state index is -0.0196. The fourth-order valence-electron chi connectivity index (χ4n) is 1.85. The molecule has 0 saturated carbocycles. The average Bonchev–Trinajstić information content (AvgIpc) is 2.40. The molecule has 4 nitrogen and oxygen atoms in total. The minimum Gasteiger partial charge on any atom is -0.326 e. The lowest BCUT2D eigenvalue weighted by molar-refractivity contribution is -0.120. The van der Waals surface area contributed by atoms with E-state index in [0.29, 0.717) is 0 Å². The number of anilines is 2. The van der Waals surface area contributed by atoms with E-state index in [9.17, 15) is 9.59 Å². The normalized spacial score (nSPS) is 10.4. The predicted molar refractivity (Wildman–Crippen MR) is 78.2 cm³/mol. The van der Waals surface area contributed by atoms with Crippen molar-refractivity contribution in [2.24, 2.45) is 5.92 Å². The number of carbonyl (C=O) groups excluding carboxylic acids is 2. The van der Waals surface area contributed by atoms with Gasteiger partial charge in [0.15, 0.2) is 0 Å². The van der Waals surface area contributed by atoms with E-state index in [4.69, 9.17) is 0 Å². The second-order valence-corrected chi connectivity index (χ2v) is 4.63. The van der Waals surface area contributed by atoms with Gasteiger partial charge in [-0.3, -0.25) is 9.59 Å². The van der Waals surface area contributed by atoms with Crippen LogP contribution in [0.25, 0.3) is 0 Å². The maximum absolute atomic E-state index is 11.9. The third kappa shape index (κ3) is 4.09. The number of hydrogen-bond acceptors (Lipinski definition) is 2. The van der Waals surface area contributed by atoms with E-state index in [1.807, 2.05) is 38.1 Å². The second-order valence-electron chi connectivity index (χ2n) is 4.63. The van der Waals surface area contributed by atoms with Crippen LogP contribution < -0.4 is 10.2 Å². The maximum atomic E-state index is 11.9. The van der Waals surface area contributed by atoms with Crippen molar-refractivity contribution in [3.63, 3.8) is 0 Å². The number of benzene rings is 1. The molecule has 0 saturated heterocycles. The van der Waals surface area contributed by atoms with Gasteiger partial charge in [-0.15, -0.1) is 0 Å². The molecule has 0 aliphatic rings. The molecule has 0 heterocycles. The molecule has 19 heavy (non-hydrogen) atoms. The Morgan fingerprint density at radius 3 is 2.11 bits per heavy atom. The van der Waals surface area contributed by atoms with Gasteiger partial charge in [0.2, 0.25) is 11.8 Å². The van der Waals surface area contributed by atoms with E-state index in [-0.39, 0.29) is 17.7 Å². The Morgan fingerprint density at radius 1 is 1.16 bits per heavy atom. The fraction of sp³-hybridized carbons (Fsp3) is 0.467. The number of rotatable bonds is 5. The number of amides is 2. The van der Waals surface area contributed by atoms with Gasteiger partial charge >= 0.3 is 0 Å². The van der Waals surface area contributed by atoms with Gasteiger partial charge in [-0.2, -0.15) is 0 Å². The largest absolute Gasteiger partial charge is 0.326 e. The Balaban J connectivity index is 2.72. The van der Waals surface area contributed by atoms with Gasteiger partial charge in [-0.05, 0) is 37.1 Å². The average molecular weight is 262 g/mol. The van der Waals surface area contributed by atoms with Crippen LogP contribution in [0.15, 0.2) is 24.3 Å². The van der Waals surface area contributed by atoms with Crippen molar-refractivity contribution in [2.45, 2.75) is 33.6 Å². The van der Waals surface area contributed by atoms with Crippen LogP contribution >= 0.6 is 0 Å². The summed E-state index contributed by atoms with van der Waals surface area (Å²) in [6.45, 7) is 5.54. The Kier molecular flexibility index (Phi) is 5.55. The van der Waals surface area contributed by atoms with Gasteiger partial charge in [0.25, 0.3) is 0 Å². The van der Waals surface area contributed by atoms with E-state index in [0.717, 1.165) is 24.2 Å². The van der Waals surface area contributed by atoms with Crippen molar-refractivity contribution < 1.29 is 9.59 Å². The molecule has 1 aromatic rings. The van der Waals surface area contributed by atoms with Crippen molar-refractivity contribution >= 4 is 23.2 Å². The topological polar surface area (TPSA) is 49.4 Å². The first-order valence-corrected chi connectivity index (χ1v) is 6.64. The van der Waals surface area contributed by atoms with Gasteiger partial charge in [0.1, 0.15) is 0 Å². The zero-order valence-corrected chi connectivity index (χ0v) is 12.1. The van der Waals surface area contributed by atoms with Crippen molar-refractivity contribution in [3.8, 4) is 0 Å². The number of nitrogens with zero attached hydrogens (tertiary/aromatic N) is 1. The highest BCUT2D eigenvalue weighted by molar-refractivity contribution is 5.94. The van der Waals surface area contributed by atoms with E-state index < -0.39 is 0 Å². The monoisotopic (exact) mass is 262 g/mol. The summed E-state index contributed by atoms with van der Waals surface area (Å²) in [4.78, 5) is 24.7. The molecule has 0 atom stereocenters. The number of carbonyl (C=O) groups is 2. The summed E-state index contributed by atoms with van der Waals surface area (Å²) >= 11 is 0. The molecule has 0 unspecified atom stereocenters.